The average molecular weight is 390 g/mol. The van der Waals surface area contributed by atoms with E-state index in [1.807, 2.05) is 0 Å². The highest BCUT2D eigenvalue weighted by molar-refractivity contribution is 5.95. The van der Waals surface area contributed by atoms with Gasteiger partial charge in [-0.1, -0.05) is 0 Å². The maximum absolute atomic E-state index is 12.7. The second-order valence-electron chi connectivity index (χ2n) is 5.67. The Hall–Kier alpha value is -3.75. The quantitative estimate of drug-likeness (QED) is 0.602. The van der Waals surface area contributed by atoms with Gasteiger partial charge in [-0.15, -0.1) is 0 Å². The van der Waals surface area contributed by atoms with Crippen molar-refractivity contribution in [3.05, 3.63) is 28.4 Å². The van der Waals surface area contributed by atoms with Crippen LogP contribution in [0.1, 0.15) is 0 Å². The van der Waals surface area contributed by atoms with Gasteiger partial charge in [-0.05, 0) is 12.1 Å². The molecule has 0 aliphatic rings. The Balaban J connectivity index is 2.37. The Kier molecular flexibility index (Phi) is 4.83. The number of phenolic OH excluding ortho intramolecular Hbond substituents is 3. The third kappa shape index (κ3) is 2.77. The topological polar surface area (TPSA) is 128 Å². The van der Waals surface area contributed by atoms with Crippen molar-refractivity contribution in [2.75, 3.05) is 28.4 Å². The summed E-state index contributed by atoms with van der Waals surface area (Å²) in [5.74, 6) is -1.46. The van der Waals surface area contributed by atoms with Gasteiger partial charge in [0.25, 0.3) is 0 Å². The number of rotatable bonds is 5. The van der Waals surface area contributed by atoms with Gasteiger partial charge in [0.15, 0.2) is 28.3 Å². The van der Waals surface area contributed by atoms with E-state index in [2.05, 4.69) is 0 Å². The van der Waals surface area contributed by atoms with E-state index in [4.69, 9.17) is 23.4 Å². The van der Waals surface area contributed by atoms with E-state index < -0.39 is 16.9 Å². The molecule has 0 saturated carbocycles. The molecule has 0 bridgehead atoms. The lowest BCUT2D eigenvalue weighted by Crippen LogP contribution is -2.04. The number of aromatic hydroxyl groups is 3. The molecule has 3 N–H and O–H groups in total. The normalized spacial score (nSPS) is 10.7. The number of benzene rings is 2. The molecule has 1 heterocycles. The lowest BCUT2D eigenvalue weighted by molar-refractivity contribution is 0.323. The maximum atomic E-state index is 12.7. The molecule has 9 heteroatoms. The van der Waals surface area contributed by atoms with Crippen molar-refractivity contribution < 1.29 is 38.7 Å². The average Bonchev–Trinajstić information content (AvgIpc) is 2.67. The molecule has 0 atom stereocenters. The highest BCUT2D eigenvalue weighted by Crippen LogP contribution is 2.49. The van der Waals surface area contributed by atoms with Crippen LogP contribution in [0.15, 0.2) is 27.4 Å². The first-order valence-electron chi connectivity index (χ1n) is 7.96. The molecule has 3 rings (SSSR count). The van der Waals surface area contributed by atoms with Gasteiger partial charge in [0, 0.05) is 11.6 Å². The van der Waals surface area contributed by atoms with Crippen LogP contribution in [0.4, 0.5) is 0 Å². The van der Waals surface area contributed by atoms with Gasteiger partial charge in [-0.25, -0.2) is 0 Å². The molecule has 0 amide bonds. The summed E-state index contributed by atoms with van der Waals surface area (Å²) < 4.78 is 26.1. The number of methoxy groups -OCH3 is 4. The molecule has 0 unspecified atom stereocenters. The second kappa shape index (κ2) is 7.10. The first kappa shape index (κ1) is 19.0. The van der Waals surface area contributed by atoms with E-state index in [0.29, 0.717) is 5.56 Å². The Morgan fingerprint density at radius 3 is 2.00 bits per heavy atom. The molecule has 0 saturated heterocycles. The number of hydrogen-bond donors (Lipinski definition) is 3. The zero-order valence-corrected chi connectivity index (χ0v) is 15.5. The maximum Gasteiger partial charge on any atom is 0.208 e. The van der Waals surface area contributed by atoms with Crippen molar-refractivity contribution in [2.24, 2.45) is 0 Å². The van der Waals surface area contributed by atoms with Crippen LogP contribution in [0.25, 0.3) is 22.3 Å². The third-order valence-corrected chi connectivity index (χ3v) is 4.19. The first-order valence-corrected chi connectivity index (χ1v) is 7.96. The summed E-state index contributed by atoms with van der Waals surface area (Å²) in [6.07, 6.45) is 0. The molecule has 1 aromatic heterocycles. The number of hydrogen-bond acceptors (Lipinski definition) is 9. The molecule has 0 aliphatic carbocycles. The molecular formula is C19H18O9. The minimum Gasteiger partial charge on any atom is -0.504 e. The van der Waals surface area contributed by atoms with Gasteiger partial charge in [0.05, 0.1) is 28.4 Å². The van der Waals surface area contributed by atoms with Crippen LogP contribution in [0.5, 0.6) is 40.2 Å². The van der Waals surface area contributed by atoms with E-state index in [1.165, 1.54) is 40.6 Å². The summed E-state index contributed by atoms with van der Waals surface area (Å²) in [6, 6.07) is 3.94. The standard InChI is InChI=1S/C19H18O9/c1-24-12-6-8(5-10(21)16(12)25-2)11-7-9(20)13-14(22)18(26-3)15(23)19(27-4)17(13)28-11/h5-7,21-23H,1-4H3. The molecule has 9 nitrogen and oxygen atoms in total. The summed E-state index contributed by atoms with van der Waals surface area (Å²) >= 11 is 0. The summed E-state index contributed by atoms with van der Waals surface area (Å²) in [7, 11) is 5.25. The summed E-state index contributed by atoms with van der Waals surface area (Å²) in [6.45, 7) is 0. The van der Waals surface area contributed by atoms with E-state index in [9.17, 15) is 20.1 Å². The predicted molar refractivity (Wildman–Crippen MR) is 99.1 cm³/mol. The lowest BCUT2D eigenvalue weighted by Gasteiger charge is -2.14. The van der Waals surface area contributed by atoms with E-state index in [0.717, 1.165) is 6.07 Å². The molecule has 0 spiro atoms. The number of fused-ring (bicyclic) bond motifs is 1. The predicted octanol–water partition coefficient (Wildman–Crippen LogP) is 2.61. The van der Waals surface area contributed by atoms with E-state index in [1.54, 1.807) is 0 Å². The van der Waals surface area contributed by atoms with E-state index >= 15 is 0 Å². The first-order chi connectivity index (χ1) is 13.4. The van der Waals surface area contributed by atoms with Gasteiger partial charge in [0.2, 0.25) is 23.0 Å². The molecule has 0 aliphatic heterocycles. The van der Waals surface area contributed by atoms with Crippen LogP contribution < -0.4 is 24.4 Å². The van der Waals surface area contributed by atoms with Crippen LogP contribution in [0, 0.1) is 0 Å². The fourth-order valence-electron chi connectivity index (χ4n) is 2.93. The third-order valence-electron chi connectivity index (χ3n) is 4.19. The monoisotopic (exact) mass is 390 g/mol. The summed E-state index contributed by atoms with van der Waals surface area (Å²) in [5.41, 5.74) is -0.499. The molecule has 2 aromatic carbocycles. The van der Waals surface area contributed by atoms with Crippen LogP contribution in [-0.2, 0) is 0 Å². The summed E-state index contributed by atoms with van der Waals surface area (Å²) in [4.78, 5) is 12.7. The highest BCUT2D eigenvalue weighted by atomic mass is 16.5. The molecule has 28 heavy (non-hydrogen) atoms. The molecule has 0 radical (unpaired) electrons. The summed E-state index contributed by atoms with van der Waals surface area (Å²) in [5, 5.41) is 30.5. The fraction of sp³-hybridized carbons (Fsp3) is 0.211. The smallest absolute Gasteiger partial charge is 0.208 e. The molecule has 148 valence electrons. The number of ether oxygens (including phenoxy) is 4. The molecule has 3 aromatic rings. The zero-order valence-electron chi connectivity index (χ0n) is 15.5. The zero-order chi connectivity index (χ0) is 20.6. The Morgan fingerprint density at radius 2 is 1.43 bits per heavy atom. The lowest BCUT2D eigenvalue weighted by atomic mass is 10.1. The van der Waals surface area contributed by atoms with Gasteiger partial charge in [-0.2, -0.15) is 0 Å². The number of phenols is 3. The Bertz CT molecular complexity index is 1120. The largest absolute Gasteiger partial charge is 0.504 e. The minimum atomic E-state index is -0.611. The van der Waals surface area contributed by atoms with Crippen molar-refractivity contribution in [1.82, 2.24) is 0 Å². The van der Waals surface area contributed by atoms with Crippen molar-refractivity contribution >= 4 is 11.0 Å². The van der Waals surface area contributed by atoms with Crippen LogP contribution in [0.3, 0.4) is 0 Å². The van der Waals surface area contributed by atoms with E-state index in [-0.39, 0.29) is 45.5 Å². The minimum absolute atomic E-state index is 0.0380. The van der Waals surface area contributed by atoms with Crippen molar-refractivity contribution in [3.8, 4) is 51.6 Å². The second-order valence-corrected chi connectivity index (χ2v) is 5.67. The molecular weight excluding hydrogens is 372 g/mol. The Morgan fingerprint density at radius 1 is 0.786 bits per heavy atom. The SMILES string of the molecule is COc1cc(-c2cc(=O)c3c(O)c(OC)c(O)c(OC)c3o2)cc(O)c1OC. The van der Waals surface area contributed by atoms with Gasteiger partial charge in [0.1, 0.15) is 11.1 Å². The van der Waals surface area contributed by atoms with Crippen LogP contribution >= 0.6 is 0 Å². The van der Waals surface area contributed by atoms with Crippen molar-refractivity contribution in [1.29, 1.82) is 0 Å². The molecule has 0 fully saturated rings. The fourth-order valence-corrected chi connectivity index (χ4v) is 2.93. The van der Waals surface area contributed by atoms with Crippen LogP contribution in [-0.4, -0.2) is 43.8 Å². The van der Waals surface area contributed by atoms with Crippen molar-refractivity contribution in [2.45, 2.75) is 0 Å². The van der Waals surface area contributed by atoms with Gasteiger partial charge in [-0.3, -0.25) is 4.79 Å². The van der Waals surface area contributed by atoms with Gasteiger partial charge >= 0.3 is 0 Å². The van der Waals surface area contributed by atoms with Crippen molar-refractivity contribution in [3.63, 3.8) is 0 Å². The van der Waals surface area contributed by atoms with Crippen LogP contribution in [0.2, 0.25) is 0 Å². The van der Waals surface area contributed by atoms with Gasteiger partial charge < -0.3 is 38.7 Å². The Labute approximate surface area is 158 Å². The highest BCUT2D eigenvalue weighted by Gasteiger charge is 2.25.